The number of nitrogen functional groups attached to an aromatic ring is 1. The Bertz CT molecular complexity index is 388. The van der Waals surface area contributed by atoms with Gasteiger partial charge in [-0.05, 0) is 24.4 Å². The van der Waals surface area contributed by atoms with E-state index in [2.05, 4.69) is 25.1 Å². The molecule has 1 heterocycles. The number of hydrogen-bond acceptors (Lipinski definition) is 5. The van der Waals surface area contributed by atoms with Crippen molar-refractivity contribution in [3.63, 3.8) is 0 Å². The second-order valence-electron chi connectivity index (χ2n) is 4.21. The number of carbonyl (C=O) groups excluding carboxylic acids is 1. The van der Waals surface area contributed by atoms with Gasteiger partial charge in [0.05, 0.1) is 0 Å². The summed E-state index contributed by atoms with van der Waals surface area (Å²) in [5, 5.41) is 0.742. The van der Waals surface area contributed by atoms with Gasteiger partial charge < -0.3 is 16.4 Å². The van der Waals surface area contributed by atoms with Crippen LogP contribution in [0.3, 0.4) is 0 Å². The highest BCUT2D eigenvalue weighted by Gasteiger charge is 2.23. The zero-order valence-corrected chi connectivity index (χ0v) is 10.8. The normalized spacial score (nSPS) is 12.8. The molecular formula is C10H18N4OS. The molecule has 0 aliphatic heterocycles. The molecule has 5 nitrogen and oxygen atoms in total. The van der Waals surface area contributed by atoms with Crippen LogP contribution in [0.5, 0.6) is 0 Å². The number of aromatic nitrogens is 1. The zero-order chi connectivity index (χ0) is 12.5. The molecule has 1 unspecified atom stereocenters. The lowest BCUT2D eigenvalue weighted by Crippen LogP contribution is -2.34. The molecule has 6 heteroatoms. The van der Waals surface area contributed by atoms with Gasteiger partial charge in [0.1, 0.15) is 10.6 Å². The molecule has 0 saturated carbocycles. The maximum atomic E-state index is 11.3. The van der Waals surface area contributed by atoms with E-state index in [0.29, 0.717) is 11.5 Å². The average Bonchev–Trinajstić information content (AvgIpc) is 2.57. The topological polar surface area (TPSA) is 85.2 Å². The molecule has 0 bridgehead atoms. The van der Waals surface area contributed by atoms with Gasteiger partial charge in [0.15, 0.2) is 5.82 Å². The summed E-state index contributed by atoms with van der Waals surface area (Å²) in [6.07, 6.45) is 0. The van der Waals surface area contributed by atoms with E-state index < -0.39 is 5.91 Å². The fourth-order valence-electron chi connectivity index (χ4n) is 1.40. The van der Waals surface area contributed by atoms with Crippen molar-refractivity contribution in [3.8, 4) is 0 Å². The smallest absolute Gasteiger partial charge is 0.255 e. The Labute approximate surface area is 99.6 Å². The van der Waals surface area contributed by atoms with Gasteiger partial charge in [0.2, 0.25) is 0 Å². The number of nitrogens with two attached hydrogens (primary N) is 2. The van der Waals surface area contributed by atoms with Crippen molar-refractivity contribution >= 4 is 28.3 Å². The molecule has 0 spiro atoms. The molecule has 1 aromatic heterocycles. The first-order valence-corrected chi connectivity index (χ1v) is 5.91. The van der Waals surface area contributed by atoms with E-state index >= 15 is 0 Å². The van der Waals surface area contributed by atoms with Crippen molar-refractivity contribution in [2.24, 2.45) is 11.7 Å². The van der Waals surface area contributed by atoms with Crippen LogP contribution in [0.15, 0.2) is 0 Å². The van der Waals surface area contributed by atoms with Crippen LogP contribution in [0.25, 0.3) is 0 Å². The van der Waals surface area contributed by atoms with Crippen molar-refractivity contribution in [2.45, 2.75) is 26.8 Å². The number of carbonyl (C=O) groups is 1. The van der Waals surface area contributed by atoms with E-state index in [0.717, 1.165) is 5.00 Å². The minimum Gasteiger partial charge on any atom is -0.382 e. The molecule has 4 N–H and O–H groups in total. The monoisotopic (exact) mass is 242 g/mol. The molecule has 1 aromatic rings. The Morgan fingerprint density at radius 3 is 2.44 bits per heavy atom. The Hall–Kier alpha value is -1.30. The predicted octanol–water partition coefficient (Wildman–Crippen LogP) is 1.30. The molecular weight excluding hydrogens is 224 g/mol. The number of amides is 1. The van der Waals surface area contributed by atoms with Gasteiger partial charge in [-0.1, -0.05) is 13.8 Å². The third-order valence-electron chi connectivity index (χ3n) is 2.84. The van der Waals surface area contributed by atoms with E-state index in [9.17, 15) is 4.79 Å². The second-order valence-corrected chi connectivity index (χ2v) is 4.96. The summed E-state index contributed by atoms with van der Waals surface area (Å²) in [6, 6.07) is 0.290. The highest BCUT2D eigenvalue weighted by molar-refractivity contribution is 7.11. The van der Waals surface area contributed by atoms with Gasteiger partial charge in [-0.25, -0.2) is 0 Å². The van der Waals surface area contributed by atoms with Crippen LogP contribution < -0.4 is 16.4 Å². The van der Waals surface area contributed by atoms with Gasteiger partial charge in [0, 0.05) is 13.1 Å². The third-order valence-corrected chi connectivity index (χ3v) is 3.80. The van der Waals surface area contributed by atoms with Crippen molar-refractivity contribution in [2.75, 3.05) is 17.7 Å². The number of rotatable bonds is 4. The van der Waals surface area contributed by atoms with Crippen molar-refractivity contribution in [3.05, 3.63) is 5.56 Å². The maximum absolute atomic E-state index is 11.3. The van der Waals surface area contributed by atoms with Crippen molar-refractivity contribution in [1.82, 2.24) is 4.37 Å². The standard InChI is InChI=1S/C10H18N4OS/c1-5(2)6(3)14(4)10-7(9(12)15)8(11)13-16-10/h5-6H,1-4H3,(H2,11,13)(H2,12,15). The quantitative estimate of drug-likeness (QED) is 0.833. The van der Waals surface area contributed by atoms with Crippen LogP contribution in [-0.2, 0) is 0 Å². The first-order chi connectivity index (χ1) is 7.36. The van der Waals surface area contributed by atoms with E-state index in [1.807, 2.05) is 11.9 Å². The van der Waals surface area contributed by atoms with Crippen molar-refractivity contribution in [1.29, 1.82) is 0 Å². The summed E-state index contributed by atoms with van der Waals surface area (Å²) in [5.41, 5.74) is 11.3. The number of hydrogen-bond donors (Lipinski definition) is 2. The van der Waals surface area contributed by atoms with E-state index in [4.69, 9.17) is 11.5 Å². The summed E-state index contributed by atoms with van der Waals surface area (Å²) in [6.45, 7) is 6.33. The lowest BCUT2D eigenvalue weighted by molar-refractivity contribution is 0.100. The van der Waals surface area contributed by atoms with Gasteiger partial charge in [0.25, 0.3) is 5.91 Å². The Kier molecular flexibility index (Phi) is 3.74. The average molecular weight is 242 g/mol. The van der Waals surface area contributed by atoms with Gasteiger partial charge in [-0.15, -0.1) is 0 Å². The molecule has 16 heavy (non-hydrogen) atoms. The lowest BCUT2D eigenvalue weighted by Gasteiger charge is -2.28. The molecule has 1 atom stereocenters. The van der Waals surface area contributed by atoms with Gasteiger partial charge in [-0.3, -0.25) is 4.79 Å². The first kappa shape index (κ1) is 12.8. The number of nitrogens with zero attached hydrogens (tertiary/aromatic N) is 2. The number of primary amides is 1. The molecule has 0 fully saturated rings. The predicted molar refractivity (Wildman–Crippen MR) is 67.7 cm³/mol. The fourth-order valence-corrected chi connectivity index (χ4v) is 2.27. The Morgan fingerprint density at radius 1 is 1.44 bits per heavy atom. The maximum Gasteiger partial charge on any atom is 0.255 e. The first-order valence-electron chi connectivity index (χ1n) is 5.14. The van der Waals surface area contributed by atoms with Gasteiger partial charge >= 0.3 is 0 Å². The Morgan fingerprint density at radius 2 is 2.00 bits per heavy atom. The Balaban J connectivity index is 3.09. The van der Waals surface area contributed by atoms with E-state index in [1.54, 1.807) is 0 Å². The minimum absolute atomic E-state index is 0.218. The van der Waals surface area contributed by atoms with E-state index in [1.165, 1.54) is 11.5 Å². The highest BCUT2D eigenvalue weighted by Crippen LogP contribution is 2.31. The molecule has 0 aliphatic rings. The molecule has 0 aromatic carbocycles. The number of anilines is 2. The largest absolute Gasteiger partial charge is 0.382 e. The molecule has 1 amide bonds. The molecule has 0 saturated heterocycles. The van der Waals surface area contributed by atoms with Crippen LogP contribution >= 0.6 is 11.5 Å². The summed E-state index contributed by atoms with van der Waals surface area (Å²) < 4.78 is 3.98. The molecule has 0 aliphatic carbocycles. The fraction of sp³-hybridized carbons (Fsp3) is 0.600. The molecule has 90 valence electrons. The summed E-state index contributed by atoms with van der Waals surface area (Å²) >= 11 is 1.21. The third kappa shape index (κ3) is 2.27. The van der Waals surface area contributed by atoms with Gasteiger partial charge in [-0.2, -0.15) is 4.37 Å². The minimum atomic E-state index is -0.524. The van der Waals surface area contributed by atoms with Crippen LogP contribution in [-0.4, -0.2) is 23.4 Å². The van der Waals surface area contributed by atoms with Crippen LogP contribution in [0, 0.1) is 5.92 Å². The summed E-state index contributed by atoms with van der Waals surface area (Å²) in [5.74, 6) is 0.161. The zero-order valence-electron chi connectivity index (χ0n) is 10.0. The summed E-state index contributed by atoms with van der Waals surface area (Å²) in [4.78, 5) is 13.3. The summed E-state index contributed by atoms with van der Waals surface area (Å²) in [7, 11) is 1.92. The van der Waals surface area contributed by atoms with Crippen LogP contribution in [0.2, 0.25) is 0 Å². The second kappa shape index (κ2) is 4.69. The SMILES string of the molecule is CC(C)C(C)N(C)c1snc(N)c1C(N)=O. The van der Waals surface area contributed by atoms with E-state index in [-0.39, 0.29) is 11.9 Å². The molecule has 1 rings (SSSR count). The van der Waals surface area contributed by atoms with Crippen molar-refractivity contribution < 1.29 is 4.79 Å². The lowest BCUT2D eigenvalue weighted by atomic mass is 10.1. The molecule has 0 radical (unpaired) electrons. The van der Waals surface area contributed by atoms with Crippen LogP contribution in [0.1, 0.15) is 31.1 Å². The van der Waals surface area contributed by atoms with Crippen LogP contribution in [0.4, 0.5) is 10.8 Å². The highest BCUT2D eigenvalue weighted by atomic mass is 32.1.